The fraction of sp³-hybridized carbons (Fsp3) is 0.364. The van der Waals surface area contributed by atoms with Gasteiger partial charge in [-0.05, 0) is 48.9 Å². The molecule has 0 aliphatic carbocycles. The van der Waals surface area contributed by atoms with Gasteiger partial charge < -0.3 is 5.11 Å². The smallest absolute Gasteiger partial charge is 0.123 e. The average Bonchev–Trinajstić information content (AvgIpc) is 2.86. The number of hydrogen-bond donors (Lipinski definition) is 1. The van der Waals surface area contributed by atoms with Crippen LogP contribution in [-0.2, 0) is 0 Å². The molecule has 2 aromatic rings. The van der Waals surface area contributed by atoms with Crippen LogP contribution in [0.1, 0.15) is 42.9 Å². The van der Waals surface area contributed by atoms with Crippen molar-refractivity contribution in [2.24, 2.45) is 0 Å². The SMILES string of the molecule is O[C@@H](CN1[C@@H]2CC[C@H]1CC(=Cc1ccccc1)C2)c1ccc(F)cc1. The number of piperidine rings is 1. The number of nitrogens with zero attached hydrogens (tertiary/aromatic N) is 1. The molecule has 2 fully saturated rings. The maximum absolute atomic E-state index is 13.1. The van der Waals surface area contributed by atoms with Crippen LogP contribution in [0.5, 0.6) is 0 Å². The highest BCUT2D eigenvalue weighted by molar-refractivity contribution is 5.53. The molecule has 2 nitrogen and oxygen atoms in total. The van der Waals surface area contributed by atoms with Crippen LogP contribution in [0, 0.1) is 5.82 Å². The summed E-state index contributed by atoms with van der Waals surface area (Å²) in [7, 11) is 0. The number of fused-ring (bicyclic) bond motifs is 2. The number of rotatable bonds is 4. The van der Waals surface area contributed by atoms with Gasteiger partial charge in [0.15, 0.2) is 0 Å². The largest absolute Gasteiger partial charge is 0.387 e. The van der Waals surface area contributed by atoms with E-state index >= 15 is 0 Å². The molecule has 0 spiro atoms. The van der Waals surface area contributed by atoms with Gasteiger partial charge in [-0.25, -0.2) is 4.39 Å². The first-order chi connectivity index (χ1) is 12.2. The molecule has 0 saturated carbocycles. The monoisotopic (exact) mass is 337 g/mol. The van der Waals surface area contributed by atoms with Gasteiger partial charge in [-0.2, -0.15) is 0 Å². The Kier molecular flexibility index (Phi) is 4.69. The Morgan fingerprint density at radius 2 is 1.64 bits per heavy atom. The molecule has 2 aliphatic heterocycles. The van der Waals surface area contributed by atoms with Crippen LogP contribution < -0.4 is 0 Å². The highest BCUT2D eigenvalue weighted by Gasteiger charge is 2.39. The Hall–Kier alpha value is -1.97. The van der Waals surface area contributed by atoms with Crippen LogP contribution in [0.4, 0.5) is 4.39 Å². The summed E-state index contributed by atoms with van der Waals surface area (Å²) in [6.07, 6.45) is 6.35. The first-order valence-electron chi connectivity index (χ1n) is 9.13. The number of hydrogen-bond acceptors (Lipinski definition) is 2. The predicted molar refractivity (Wildman–Crippen MR) is 98.5 cm³/mol. The molecule has 0 aromatic heterocycles. The molecule has 0 radical (unpaired) electrons. The van der Waals surface area contributed by atoms with Gasteiger partial charge in [-0.3, -0.25) is 4.90 Å². The van der Waals surface area contributed by atoms with Crippen molar-refractivity contribution in [3.05, 3.63) is 77.1 Å². The van der Waals surface area contributed by atoms with Gasteiger partial charge in [0.1, 0.15) is 5.82 Å². The third-order valence-corrected chi connectivity index (χ3v) is 5.58. The zero-order chi connectivity index (χ0) is 17.2. The van der Waals surface area contributed by atoms with E-state index in [1.807, 2.05) is 6.07 Å². The van der Waals surface area contributed by atoms with E-state index in [1.165, 1.54) is 36.1 Å². The number of benzene rings is 2. The molecule has 2 saturated heterocycles. The molecule has 2 aromatic carbocycles. The molecule has 1 N–H and O–H groups in total. The quantitative estimate of drug-likeness (QED) is 0.883. The maximum Gasteiger partial charge on any atom is 0.123 e. The van der Waals surface area contributed by atoms with E-state index in [9.17, 15) is 9.50 Å². The lowest BCUT2D eigenvalue weighted by atomic mass is 9.94. The summed E-state index contributed by atoms with van der Waals surface area (Å²) in [4.78, 5) is 2.47. The number of aliphatic hydroxyl groups excluding tert-OH is 1. The molecule has 2 aliphatic rings. The summed E-state index contributed by atoms with van der Waals surface area (Å²) in [5.74, 6) is -0.260. The van der Waals surface area contributed by atoms with Gasteiger partial charge in [-0.1, -0.05) is 54.1 Å². The van der Waals surface area contributed by atoms with Crippen molar-refractivity contribution in [2.75, 3.05) is 6.54 Å². The molecule has 2 heterocycles. The summed E-state index contributed by atoms with van der Waals surface area (Å²) in [5.41, 5.74) is 3.59. The number of aliphatic hydroxyl groups is 1. The van der Waals surface area contributed by atoms with E-state index in [2.05, 4.69) is 35.2 Å². The average molecular weight is 337 g/mol. The Balaban J connectivity index is 1.44. The van der Waals surface area contributed by atoms with E-state index in [0.717, 1.165) is 18.4 Å². The third kappa shape index (κ3) is 3.68. The van der Waals surface area contributed by atoms with Crippen molar-refractivity contribution in [3.63, 3.8) is 0 Å². The first-order valence-corrected chi connectivity index (χ1v) is 9.13. The Morgan fingerprint density at radius 1 is 1.00 bits per heavy atom. The van der Waals surface area contributed by atoms with Crippen LogP contribution in [0.2, 0.25) is 0 Å². The van der Waals surface area contributed by atoms with Crippen LogP contribution in [0.25, 0.3) is 6.08 Å². The van der Waals surface area contributed by atoms with Gasteiger partial charge in [0, 0.05) is 18.6 Å². The van der Waals surface area contributed by atoms with Crippen LogP contribution in [0.3, 0.4) is 0 Å². The molecular formula is C22H24FNO. The van der Waals surface area contributed by atoms with Crippen molar-refractivity contribution in [1.29, 1.82) is 0 Å². The van der Waals surface area contributed by atoms with Crippen molar-refractivity contribution in [1.82, 2.24) is 4.90 Å². The highest BCUT2D eigenvalue weighted by Crippen LogP contribution is 2.40. The van der Waals surface area contributed by atoms with Crippen molar-refractivity contribution in [2.45, 2.75) is 43.9 Å². The minimum Gasteiger partial charge on any atom is -0.387 e. The lowest BCUT2D eigenvalue weighted by Gasteiger charge is -2.37. The fourth-order valence-corrected chi connectivity index (χ4v) is 4.33. The topological polar surface area (TPSA) is 23.5 Å². The minimum absolute atomic E-state index is 0.260. The van der Waals surface area contributed by atoms with Crippen LogP contribution >= 0.6 is 0 Å². The maximum atomic E-state index is 13.1. The van der Waals surface area contributed by atoms with E-state index in [-0.39, 0.29) is 5.82 Å². The van der Waals surface area contributed by atoms with E-state index in [1.54, 1.807) is 12.1 Å². The standard InChI is InChI=1S/C22H24FNO/c23-19-8-6-18(7-9-19)22(25)15-24-20-10-11-21(24)14-17(13-20)12-16-4-2-1-3-5-16/h1-9,12,20-22,25H,10-11,13-15H2/t20-,21+,22-/m0/s1. The molecule has 25 heavy (non-hydrogen) atoms. The van der Waals surface area contributed by atoms with E-state index in [4.69, 9.17) is 0 Å². The summed E-state index contributed by atoms with van der Waals surface area (Å²) in [6.45, 7) is 0.638. The van der Waals surface area contributed by atoms with Gasteiger partial charge >= 0.3 is 0 Å². The summed E-state index contributed by atoms with van der Waals surface area (Å²) >= 11 is 0. The molecule has 0 unspecified atom stereocenters. The van der Waals surface area contributed by atoms with Gasteiger partial charge in [0.05, 0.1) is 6.10 Å². The summed E-state index contributed by atoms with van der Waals surface area (Å²) in [5, 5.41) is 10.5. The van der Waals surface area contributed by atoms with Crippen molar-refractivity contribution in [3.8, 4) is 0 Å². The second-order valence-corrected chi connectivity index (χ2v) is 7.27. The van der Waals surface area contributed by atoms with Gasteiger partial charge in [0.2, 0.25) is 0 Å². The van der Waals surface area contributed by atoms with Crippen LogP contribution in [-0.4, -0.2) is 28.6 Å². The van der Waals surface area contributed by atoms with Crippen molar-refractivity contribution < 1.29 is 9.50 Å². The Morgan fingerprint density at radius 3 is 2.28 bits per heavy atom. The van der Waals surface area contributed by atoms with Gasteiger partial charge in [-0.15, -0.1) is 0 Å². The molecular weight excluding hydrogens is 313 g/mol. The fourth-order valence-electron chi connectivity index (χ4n) is 4.33. The van der Waals surface area contributed by atoms with E-state index < -0.39 is 6.10 Å². The van der Waals surface area contributed by atoms with Crippen LogP contribution in [0.15, 0.2) is 60.2 Å². The second-order valence-electron chi connectivity index (χ2n) is 7.27. The molecule has 3 atom stereocenters. The zero-order valence-electron chi connectivity index (χ0n) is 14.3. The lowest BCUT2D eigenvalue weighted by molar-refractivity contribution is 0.0733. The summed E-state index contributed by atoms with van der Waals surface area (Å²) in [6, 6.07) is 17.8. The minimum atomic E-state index is -0.552. The molecule has 4 rings (SSSR count). The highest BCUT2D eigenvalue weighted by atomic mass is 19.1. The first kappa shape index (κ1) is 16.5. The second kappa shape index (κ2) is 7.11. The molecule has 130 valence electrons. The Labute approximate surface area is 148 Å². The van der Waals surface area contributed by atoms with Crippen molar-refractivity contribution >= 4 is 6.08 Å². The molecule has 2 bridgehead atoms. The summed E-state index contributed by atoms with van der Waals surface area (Å²) < 4.78 is 13.1. The lowest BCUT2D eigenvalue weighted by Crippen LogP contribution is -2.42. The van der Waals surface area contributed by atoms with Gasteiger partial charge in [0.25, 0.3) is 0 Å². The molecule has 3 heteroatoms. The normalized spacial score (nSPS) is 26.1. The predicted octanol–water partition coefficient (Wildman–Crippen LogP) is 4.57. The number of halogens is 1. The Bertz CT molecular complexity index is 724. The van der Waals surface area contributed by atoms with E-state index in [0.29, 0.717) is 18.6 Å². The third-order valence-electron chi connectivity index (χ3n) is 5.58. The zero-order valence-corrected chi connectivity index (χ0v) is 14.3. The molecule has 0 amide bonds.